The van der Waals surface area contributed by atoms with E-state index >= 15 is 0 Å². The fourth-order valence-electron chi connectivity index (χ4n) is 2.67. The van der Waals surface area contributed by atoms with Crippen molar-refractivity contribution in [1.29, 1.82) is 5.26 Å². The predicted octanol–water partition coefficient (Wildman–Crippen LogP) is 2.00. The van der Waals surface area contributed by atoms with E-state index in [2.05, 4.69) is 17.9 Å². The van der Waals surface area contributed by atoms with Crippen LogP contribution in [0.1, 0.15) is 25.3 Å². The number of benzene rings is 1. The Bertz CT molecular complexity index is 452. The van der Waals surface area contributed by atoms with Crippen LogP contribution in [-0.2, 0) is 0 Å². The normalized spacial score (nSPS) is 23.2. The molecule has 0 saturated carbocycles. The molecule has 2 atom stereocenters. The third-order valence-electron chi connectivity index (χ3n) is 4.07. The first-order valence-corrected chi connectivity index (χ1v) is 7.30. The van der Waals surface area contributed by atoms with E-state index in [-0.39, 0.29) is 0 Å². The summed E-state index contributed by atoms with van der Waals surface area (Å²) in [5, 5.41) is 8.74. The maximum Gasteiger partial charge on any atom is 0.119 e. The van der Waals surface area contributed by atoms with E-state index in [0.29, 0.717) is 24.1 Å². The molecule has 1 aliphatic rings. The largest absolute Gasteiger partial charge is 0.492 e. The van der Waals surface area contributed by atoms with Crippen molar-refractivity contribution in [2.75, 3.05) is 26.2 Å². The minimum Gasteiger partial charge on any atom is -0.492 e. The number of rotatable bonds is 5. The summed E-state index contributed by atoms with van der Waals surface area (Å²) in [6.07, 6.45) is 2.46. The SMILES string of the molecule is CC1CCC(CN)CN1CCOc1ccc(C#N)cc1. The zero-order valence-electron chi connectivity index (χ0n) is 12.1. The molecule has 0 bridgehead atoms. The average Bonchev–Trinajstić information content (AvgIpc) is 2.50. The fraction of sp³-hybridized carbons (Fsp3) is 0.562. The van der Waals surface area contributed by atoms with E-state index in [9.17, 15) is 0 Å². The van der Waals surface area contributed by atoms with Crippen LogP contribution in [0.5, 0.6) is 5.75 Å². The molecule has 1 aliphatic heterocycles. The van der Waals surface area contributed by atoms with Crippen molar-refractivity contribution in [3.63, 3.8) is 0 Å². The molecular weight excluding hydrogens is 250 g/mol. The predicted molar refractivity (Wildman–Crippen MR) is 79.5 cm³/mol. The minimum atomic E-state index is 0.613. The van der Waals surface area contributed by atoms with Gasteiger partial charge in [0.1, 0.15) is 12.4 Å². The van der Waals surface area contributed by atoms with Crippen molar-refractivity contribution in [2.45, 2.75) is 25.8 Å². The molecule has 1 heterocycles. The van der Waals surface area contributed by atoms with Gasteiger partial charge in [-0.25, -0.2) is 0 Å². The van der Waals surface area contributed by atoms with Crippen molar-refractivity contribution in [3.05, 3.63) is 29.8 Å². The van der Waals surface area contributed by atoms with Crippen LogP contribution in [0, 0.1) is 17.2 Å². The maximum absolute atomic E-state index is 8.74. The summed E-state index contributed by atoms with van der Waals surface area (Å²) in [4.78, 5) is 2.46. The smallest absolute Gasteiger partial charge is 0.119 e. The molecule has 0 radical (unpaired) electrons. The summed E-state index contributed by atoms with van der Waals surface area (Å²) in [5.41, 5.74) is 6.43. The zero-order chi connectivity index (χ0) is 14.4. The first-order chi connectivity index (χ1) is 9.72. The Hall–Kier alpha value is -1.57. The van der Waals surface area contributed by atoms with E-state index in [1.54, 1.807) is 12.1 Å². The third-order valence-corrected chi connectivity index (χ3v) is 4.07. The Kier molecular flexibility index (Phi) is 5.40. The second-order valence-electron chi connectivity index (χ2n) is 5.51. The quantitative estimate of drug-likeness (QED) is 0.891. The van der Waals surface area contributed by atoms with E-state index in [1.807, 2.05) is 12.1 Å². The summed E-state index contributed by atoms with van der Waals surface area (Å²) < 4.78 is 5.74. The summed E-state index contributed by atoms with van der Waals surface area (Å²) in [6, 6.07) is 9.98. The summed E-state index contributed by atoms with van der Waals surface area (Å²) in [5.74, 6) is 1.45. The van der Waals surface area contributed by atoms with Gasteiger partial charge in [0.25, 0.3) is 0 Å². The number of nitrogens with zero attached hydrogens (tertiary/aromatic N) is 2. The van der Waals surface area contributed by atoms with Crippen LogP contribution in [0.2, 0.25) is 0 Å². The van der Waals surface area contributed by atoms with Gasteiger partial charge in [-0.2, -0.15) is 5.26 Å². The van der Waals surface area contributed by atoms with Gasteiger partial charge in [0, 0.05) is 19.1 Å². The second kappa shape index (κ2) is 7.28. The van der Waals surface area contributed by atoms with Crippen molar-refractivity contribution >= 4 is 0 Å². The number of likely N-dealkylation sites (tertiary alicyclic amines) is 1. The monoisotopic (exact) mass is 273 g/mol. The fourth-order valence-corrected chi connectivity index (χ4v) is 2.67. The molecule has 2 rings (SSSR count). The lowest BCUT2D eigenvalue weighted by molar-refractivity contribution is 0.102. The molecule has 20 heavy (non-hydrogen) atoms. The second-order valence-corrected chi connectivity index (χ2v) is 5.51. The number of piperidine rings is 1. The molecule has 1 aromatic carbocycles. The topological polar surface area (TPSA) is 62.3 Å². The molecule has 108 valence electrons. The molecule has 0 amide bonds. The number of hydrogen-bond donors (Lipinski definition) is 1. The van der Waals surface area contributed by atoms with Gasteiger partial charge in [-0.15, -0.1) is 0 Å². The van der Waals surface area contributed by atoms with Crippen LogP contribution in [0.3, 0.4) is 0 Å². The summed E-state index contributed by atoms with van der Waals surface area (Å²) in [7, 11) is 0. The first-order valence-electron chi connectivity index (χ1n) is 7.30. The standard InChI is InChI=1S/C16H23N3O/c1-13-2-3-15(11-18)12-19(13)8-9-20-16-6-4-14(10-17)5-7-16/h4-7,13,15H,2-3,8-9,11-12,18H2,1H3. The maximum atomic E-state index is 8.74. The molecular formula is C16H23N3O. The molecule has 1 aromatic rings. The average molecular weight is 273 g/mol. The molecule has 4 nitrogen and oxygen atoms in total. The summed E-state index contributed by atoms with van der Waals surface area (Å²) in [6.45, 7) is 5.73. The first kappa shape index (κ1) is 14.8. The van der Waals surface area contributed by atoms with Crippen molar-refractivity contribution in [1.82, 2.24) is 4.90 Å². The van der Waals surface area contributed by atoms with Gasteiger partial charge in [0.05, 0.1) is 11.6 Å². The highest BCUT2D eigenvalue weighted by atomic mass is 16.5. The highest BCUT2D eigenvalue weighted by Crippen LogP contribution is 2.21. The lowest BCUT2D eigenvalue weighted by atomic mass is 9.94. The van der Waals surface area contributed by atoms with Gasteiger partial charge in [0.15, 0.2) is 0 Å². The highest BCUT2D eigenvalue weighted by molar-refractivity contribution is 5.34. The van der Waals surface area contributed by atoms with Crippen LogP contribution in [0.25, 0.3) is 0 Å². The van der Waals surface area contributed by atoms with Crippen LogP contribution in [-0.4, -0.2) is 37.2 Å². The van der Waals surface area contributed by atoms with Gasteiger partial charge in [-0.1, -0.05) is 0 Å². The van der Waals surface area contributed by atoms with E-state index in [1.165, 1.54) is 12.8 Å². The highest BCUT2D eigenvalue weighted by Gasteiger charge is 2.24. The van der Waals surface area contributed by atoms with E-state index in [4.69, 9.17) is 15.7 Å². The Morgan fingerprint density at radius 3 is 2.75 bits per heavy atom. The van der Waals surface area contributed by atoms with Gasteiger partial charge < -0.3 is 10.5 Å². The van der Waals surface area contributed by atoms with Crippen molar-refractivity contribution < 1.29 is 4.74 Å². The Morgan fingerprint density at radius 1 is 1.35 bits per heavy atom. The summed E-state index contributed by atoms with van der Waals surface area (Å²) >= 11 is 0. The number of nitrogens with two attached hydrogens (primary N) is 1. The molecule has 0 spiro atoms. The Labute approximate surface area is 121 Å². The number of ether oxygens (including phenoxy) is 1. The number of nitriles is 1. The van der Waals surface area contributed by atoms with Crippen LogP contribution < -0.4 is 10.5 Å². The molecule has 1 saturated heterocycles. The van der Waals surface area contributed by atoms with Crippen LogP contribution >= 0.6 is 0 Å². The molecule has 0 aromatic heterocycles. The zero-order valence-corrected chi connectivity index (χ0v) is 12.1. The molecule has 1 fully saturated rings. The third kappa shape index (κ3) is 3.96. The van der Waals surface area contributed by atoms with Crippen LogP contribution in [0.4, 0.5) is 0 Å². The molecule has 2 unspecified atom stereocenters. The molecule has 0 aliphatic carbocycles. The number of hydrogen-bond acceptors (Lipinski definition) is 4. The molecule has 2 N–H and O–H groups in total. The molecule has 4 heteroatoms. The van der Waals surface area contributed by atoms with Gasteiger partial charge in [-0.05, 0) is 56.5 Å². The minimum absolute atomic E-state index is 0.613. The lowest BCUT2D eigenvalue weighted by Crippen LogP contribution is -2.45. The van der Waals surface area contributed by atoms with E-state index < -0.39 is 0 Å². The van der Waals surface area contributed by atoms with Crippen molar-refractivity contribution in [2.24, 2.45) is 11.7 Å². The van der Waals surface area contributed by atoms with Gasteiger partial charge >= 0.3 is 0 Å². The van der Waals surface area contributed by atoms with Gasteiger partial charge in [0.2, 0.25) is 0 Å². The van der Waals surface area contributed by atoms with Gasteiger partial charge in [-0.3, -0.25) is 4.90 Å². The Morgan fingerprint density at radius 2 is 2.10 bits per heavy atom. The van der Waals surface area contributed by atoms with Crippen molar-refractivity contribution in [3.8, 4) is 11.8 Å². The lowest BCUT2D eigenvalue weighted by Gasteiger charge is -2.37. The van der Waals surface area contributed by atoms with E-state index in [0.717, 1.165) is 25.4 Å². The Balaban J connectivity index is 1.78. The van der Waals surface area contributed by atoms with Crippen LogP contribution in [0.15, 0.2) is 24.3 Å².